The number of cyclic esters (lactones) is 1. The van der Waals surface area contributed by atoms with Crippen LogP contribution in [0.1, 0.15) is 18.2 Å². The Morgan fingerprint density at radius 1 is 1.56 bits per heavy atom. The summed E-state index contributed by atoms with van der Waals surface area (Å²) < 4.78 is 4.89. The molecule has 1 fully saturated rings. The van der Waals surface area contributed by atoms with Crippen LogP contribution < -0.4 is 5.32 Å². The van der Waals surface area contributed by atoms with Crippen LogP contribution in [-0.2, 0) is 11.3 Å². The summed E-state index contributed by atoms with van der Waals surface area (Å²) in [4.78, 5) is 17.3. The third kappa shape index (κ3) is 3.43. The van der Waals surface area contributed by atoms with Crippen molar-refractivity contribution in [3.63, 3.8) is 0 Å². The van der Waals surface area contributed by atoms with Crippen LogP contribution in [0.4, 0.5) is 4.79 Å². The number of carbonyl (C=O) groups excluding carboxylic acids is 1. The second-order valence-electron chi connectivity index (χ2n) is 4.67. The number of nitrogens with zero attached hydrogens (tertiary/aromatic N) is 2. The van der Waals surface area contributed by atoms with Crippen LogP contribution in [0.3, 0.4) is 0 Å². The van der Waals surface area contributed by atoms with E-state index in [1.54, 1.807) is 4.90 Å². The predicted molar refractivity (Wildman–Crippen MR) is 68.2 cm³/mol. The van der Waals surface area contributed by atoms with Crippen LogP contribution in [0.5, 0.6) is 0 Å². The van der Waals surface area contributed by atoms with Crippen LogP contribution in [0.2, 0.25) is 0 Å². The number of pyridine rings is 1. The molecule has 2 rings (SSSR count). The van der Waals surface area contributed by atoms with E-state index in [-0.39, 0.29) is 12.1 Å². The molecule has 5 heteroatoms. The van der Waals surface area contributed by atoms with Crippen LogP contribution in [0, 0.1) is 6.92 Å². The van der Waals surface area contributed by atoms with E-state index in [0.717, 1.165) is 11.3 Å². The maximum Gasteiger partial charge on any atom is 0.409 e. The molecule has 0 aromatic carbocycles. The number of aryl methyl sites for hydroxylation is 1. The highest BCUT2D eigenvalue weighted by Gasteiger charge is 2.23. The maximum absolute atomic E-state index is 11.3. The van der Waals surface area contributed by atoms with Gasteiger partial charge in [-0.25, -0.2) is 4.79 Å². The molecule has 0 aliphatic carbocycles. The summed E-state index contributed by atoms with van der Waals surface area (Å²) in [5, 5.41) is 3.35. The molecule has 1 aromatic rings. The molecule has 1 saturated heterocycles. The molecular formula is C13H19N3O2. The highest BCUT2D eigenvalue weighted by molar-refractivity contribution is 5.69. The summed E-state index contributed by atoms with van der Waals surface area (Å²) in [5.41, 5.74) is 2.17. The van der Waals surface area contributed by atoms with Gasteiger partial charge in [-0.05, 0) is 25.5 Å². The van der Waals surface area contributed by atoms with Crippen molar-refractivity contribution in [2.45, 2.75) is 26.4 Å². The van der Waals surface area contributed by atoms with Crippen molar-refractivity contribution in [3.8, 4) is 0 Å². The van der Waals surface area contributed by atoms with E-state index in [4.69, 9.17) is 4.74 Å². The van der Waals surface area contributed by atoms with Crippen molar-refractivity contribution < 1.29 is 9.53 Å². The van der Waals surface area contributed by atoms with Gasteiger partial charge in [-0.1, -0.05) is 6.07 Å². The Hall–Kier alpha value is -1.62. The molecule has 1 N–H and O–H groups in total. The normalized spacial score (nSPS) is 16.8. The lowest BCUT2D eigenvalue weighted by atomic mass is 10.2. The summed E-state index contributed by atoms with van der Waals surface area (Å²) in [5.74, 6) is 0. The van der Waals surface area contributed by atoms with Gasteiger partial charge in [0.1, 0.15) is 6.61 Å². The second-order valence-corrected chi connectivity index (χ2v) is 4.67. The first kappa shape index (κ1) is 12.8. The minimum atomic E-state index is -0.211. The fourth-order valence-corrected chi connectivity index (χ4v) is 1.87. The van der Waals surface area contributed by atoms with E-state index in [1.165, 1.54) is 0 Å². The maximum atomic E-state index is 11.3. The van der Waals surface area contributed by atoms with Gasteiger partial charge in [0.25, 0.3) is 0 Å². The summed E-state index contributed by atoms with van der Waals surface area (Å²) in [6.07, 6.45) is 1.65. The van der Waals surface area contributed by atoms with Crippen LogP contribution >= 0.6 is 0 Å². The molecule has 1 atom stereocenters. The number of hydrogen-bond donors (Lipinski definition) is 1. The standard InChI is InChI=1S/C13H19N3O2/c1-10-3-4-12(15-7-10)8-14-11(2)9-16-5-6-18-13(16)17/h3-4,7,11,14H,5-6,8-9H2,1-2H3. The van der Waals surface area contributed by atoms with Gasteiger partial charge in [-0.3, -0.25) is 4.98 Å². The molecule has 0 spiro atoms. The predicted octanol–water partition coefficient (Wildman–Crippen LogP) is 1.32. The smallest absolute Gasteiger partial charge is 0.409 e. The Morgan fingerprint density at radius 3 is 3.00 bits per heavy atom. The van der Waals surface area contributed by atoms with Crippen molar-refractivity contribution in [1.29, 1.82) is 0 Å². The number of hydrogen-bond acceptors (Lipinski definition) is 4. The van der Waals surface area contributed by atoms with E-state index < -0.39 is 0 Å². The zero-order valence-electron chi connectivity index (χ0n) is 10.8. The largest absolute Gasteiger partial charge is 0.448 e. The van der Waals surface area contributed by atoms with Crippen molar-refractivity contribution in [1.82, 2.24) is 15.2 Å². The number of amides is 1. The van der Waals surface area contributed by atoms with Crippen LogP contribution in [0.15, 0.2) is 18.3 Å². The Balaban J connectivity index is 1.76. The van der Waals surface area contributed by atoms with Crippen molar-refractivity contribution in [2.24, 2.45) is 0 Å². The third-order valence-electron chi connectivity index (χ3n) is 2.94. The number of carbonyl (C=O) groups is 1. The van der Waals surface area contributed by atoms with Gasteiger partial charge in [-0.15, -0.1) is 0 Å². The molecule has 0 radical (unpaired) electrons. The van der Waals surface area contributed by atoms with Crippen molar-refractivity contribution in [3.05, 3.63) is 29.6 Å². The lowest BCUT2D eigenvalue weighted by molar-refractivity contribution is 0.156. The number of rotatable bonds is 5. The molecule has 1 aliphatic rings. The zero-order valence-corrected chi connectivity index (χ0v) is 10.8. The Morgan fingerprint density at radius 2 is 2.39 bits per heavy atom. The molecule has 98 valence electrons. The highest BCUT2D eigenvalue weighted by Crippen LogP contribution is 2.04. The zero-order chi connectivity index (χ0) is 13.0. The first-order valence-corrected chi connectivity index (χ1v) is 6.22. The van der Waals surface area contributed by atoms with Gasteiger partial charge < -0.3 is 15.0 Å². The fourth-order valence-electron chi connectivity index (χ4n) is 1.87. The number of aromatic nitrogens is 1. The minimum absolute atomic E-state index is 0.211. The first-order chi connectivity index (χ1) is 8.65. The minimum Gasteiger partial charge on any atom is -0.448 e. The van der Waals surface area contributed by atoms with Crippen molar-refractivity contribution in [2.75, 3.05) is 19.7 Å². The SMILES string of the molecule is Cc1ccc(CNC(C)CN2CCOC2=O)nc1. The topological polar surface area (TPSA) is 54.5 Å². The van der Waals surface area contributed by atoms with Gasteiger partial charge >= 0.3 is 6.09 Å². The third-order valence-corrected chi connectivity index (χ3v) is 2.94. The summed E-state index contributed by atoms with van der Waals surface area (Å²) in [6, 6.07) is 4.28. The molecule has 1 unspecified atom stereocenters. The highest BCUT2D eigenvalue weighted by atomic mass is 16.6. The molecular weight excluding hydrogens is 230 g/mol. The number of ether oxygens (including phenoxy) is 1. The molecule has 18 heavy (non-hydrogen) atoms. The van der Waals surface area contributed by atoms with Crippen LogP contribution in [-0.4, -0.2) is 41.7 Å². The monoisotopic (exact) mass is 249 g/mol. The van der Waals surface area contributed by atoms with E-state index in [2.05, 4.69) is 17.2 Å². The molecule has 0 bridgehead atoms. The summed E-state index contributed by atoms with van der Waals surface area (Å²) in [6.45, 7) is 6.65. The lowest BCUT2D eigenvalue weighted by Gasteiger charge is -2.19. The van der Waals surface area contributed by atoms with Gasteiger partial charge in [-0.2, -0.15) is 0 Å². The van der Waals surface area contributed by atoms with Gasteiger partial charge in [0.05, 0.1) is 12.2 Å². The van der Waals surface area contributed by atoms with Crippen LogP contribution in [0.25, 0.3) is 0 Å². The quantitative estimate of drug-likeness (QED) is 0.855. The number of nitrogens with one attached hydrogen (secondary N) is 1. The lowest BCUT2D eigenvalue weighted by Crippen LogP contribution is -2.39. The Bertz CT molecular complexity index is 405. The van der Waals surface area contributed by atoms with E-state index in [0.29, 0.717) is 26.2 Å². The molecule has 5 nitrogen and oxygen atoms in total. The molecule has 1 amide bonds. The van der Waals surface area contributed by atoms with Gasteiger partial charge in [0.2, 0.25) is 0 Å². The fraction of sp³-hybridized carbons (Fsp3) is 0.538. The first-order valence-electron chi connectivity index (χ1n) is 6.22. The summed E-state index contributed by atoms with van der Waals surface area (Å²) >= 11 is 0. The average Bonchev–Trinajstić information content (AvgIpc) is 2.74. The van der Waals surface area contributed by atoms with Gasteiger partial charge in [0, 0.05) is 25.3 Å². The second kappa shape index (κ2) is 5.82. The van der Waals surface area contributed by atoms with Gasteiger partial charge in [0.15, 0.2) is 0 Å². The van der Waals surface area contributed by atoms with E-state index in [9.17, 15) is 4.79 Å². The Labute approximate surface area is 107 Å². The Kier molecular flexibility index (Phi) is 4.15. The van der Waals surface area contributed by atoms with E-state index in [1.807, 2.05) is 25.3 Å². The van der Waals surface area contributed by atoms with E-state index >= 15 is 0 Å². The molecule has 2 heterocycles. The molecule has 0 saturated carbocycles. The molecule has 1 aromatic heterocycles. The van der Waals surface area contributed by atoms with Crippen molar-refractivity contribution >= 4 is 6.09 Å². The molecule has 1 aliphatic heterocycles. The average molecular weight is 249 g/mol. The summed E-state index contributed by atoms with van der Waals surface area (Å²) in [7, 11) is 0.